The fraction of sp³-hybridized carbons (Fsp3) is 0.0769. The van der Waals surface area contributed by atoms with Crippen molar-refractivity contribution >= 4 is 32.6 Å². The van der Waals surface area contributed by atoms with Gasteiger partial charge >= 0.3 is 5.97 Å². The van der Waals surface area contributed by atoms with E-state index in [0.29, 0.717) is 16.7 Å². The average molecular weight is 475 g/mol. The average Bonchev–Trinajstić information content (AvgIpc) is 2.88. The number of carbonyl (C=O) groups is 1. The molecule has 4 aromatic rings. The fourth-order valence-corrected chi connectivity index (χ4v) is 4.47. The first-order valence-corrected chi connectivity index (χ1v) is 11.5. The van der Waals surface area contributed by atoms with Crippen LogP contribution in [0.5, 0.6) is 5.75 Å². The third kappa shape index (κ3) is 5.00. The third-order valence-electron chi connectivity index (χ3n) is 4.92. The molecule has 0 saturated carbocycles. The van der Waals surface area contributed by atoms with Gasteiger partial charge in [0, 0.05) is 12.4 Å². The molecule has 0 radical (unpaired) electrons. The maximum atomic E-state index is 13.2. The van der Waals surface area contributed by atoms with Crippen molar-refractivity contribution in [1.82, 2.24) is 4.98 Å². The molecular formula is C26H22N2O5S. The van der Waals surface area contributed by atoms with Crippen molar-refractivity contribution in [3.8, 4) is 18.1 Å². The minimum absolute atomic E-state index is 0.0183. The van der Waals surface area contributed by atoms with Crippen molar-refractivity contribution in [3.63, 3.8) is 0 Å². The van der Waals surface area contributed by atoms with Crippen LogP contribution in [0.15, 0.2) is 89.8 Å². The molecule has 0 aliphatic heterocycles. The molecule has 0 bridgehead atoms. The summed E-state index contributed by atoms with van der Waals surface area (Å²) in [6.45, 7) is 0. The van der Waals surface area contributed by atoms with Gasteiger partial charge in [0.05, 0.1) is 23.2 Å². The lowest BCUT2D eigenvalue weighted by molar-refractivity contribution is 0.0697. The predicted octanol–water partition coefficient (Wildman–Crippen LogP) is 4.43. The van der Waals surface area contributed by atoms with Crippen molar-refractivity contribution in [2.45, 2.75) is 4.90 Å². The summed E-state index contributed by atoms with van der Waals surface area (Å²) in [7, 11) is -1.31. The maximum absolute atomic E-state index is 13.2. The van der Waals surface area contributed by atoms with Crippen LogP contribution >= 0.6 is 0 Å². The Morgan fingerprint density at radius 3 is 2.03 bits per heavy atom. The second kappa shape index (κ2) is 10.5. The molecule has 0 saturated heterocycles. The van der Waals surface area contributed by atoms with E-state index in [1.165, 1.54) is 38.4 Å². The SMILES string of the molecule is C#Cc1nc2ccccc2c(N(C)S(=O)(=O)c2ccc(OC)cc2)c1C(=O)O.c1ccccc1. The highest BCUT2D eigenvalue weighted by molar-refractivity contribution is 7.92. The zero-order valence-corrected chi connectivity index (χ0v) is 19.4. The van der Waals surface area contributed by atoms with E-state index in [1.54, 1.807) is 24.3 Å². The summed E-state index contributed by atoms with van der Waals surface area (Å²) in [6, 6.07) is 24.4. The Morgan fingerprint density at radius 2 is 1.53 bits per heavy atom. The number of fused-ring (bicyclic) bond motifs is 1. The van der Waals surface area contributed by atoms with E-state index in [1.807, 2.05) is 36.4 Å². The van der Waals surface area contributed by atoms with Gasteiger partial charge in [0.15, 0.2) is 0 Å². The molecule has 34 heavy (non-hydrogen) atoms. The van der Waals surface area contributed by atoms with Crippen LogP contribution in [-0.4, -0.2) is 38.6 Å². The molecule has 0 atom stereocenters. The normalized spacial score (nSPS) is 10.5. The van der Waals surface area contributed by atoms with E-state index in [0.717, 1.165) is 4.31 Å². The number of aromatic nitrogens is 1. The molecule has 0 amide bonds. The van der Waals surface area contributed by atoms with Gasteiger partial charge in [-0.1, -0.05) is 54.6 Å². The number of ether oxygens (including phenoxy) is 1. The Labute approximate surface area is 198 Å². The minimum atomic E-state index is -4.07. The number of pyridine rings is 1. The van der Waals surface area contributed by atoms with Crippen molar-refractivity contribution in [2.24, 2.45) is 0 Å². The first-order chi connectivity index (χ1) is 16.3. The summed E-state index contributed by atoms with van der Waals surface area (Å²) in [4.78, 5) is 16.1. The number of methoxy groups -OCH3 is 1. The minimum Gasteiger partial charge on any atom is -0.497 e. The first kappa shape index (κ1) is 24.3. The molecule has 1 heterocycles. The van der Waals surface area contributed by atoms with Gasteiger partial charge in [-0.25, -0.2) is 18.2 Å². The summed E-state index contributed by atoms with van der Waals surface area (Å²) in [5, 5.41) is 10.1. The monoisotopic (exact) mass is 474 g/mol. The molecular weight excluding hydrogens is 452 g/mol. The molecule has 1 aromatic heterocycles. The van der Waals surface area contributed by atoms with E-state index in [4.69, 9.17) is 11.2 Å². The number of carboxylic acids is 1. The number of para-hydroxylation sites is 1. The van der Waals surface area contributed by atoms with Crippen LogP contribution in [0.4, 0.5) is 5.69 Å². The highest BCUT2D eigenvalue weighted by Gasteiger charge is 2.29. The Kier molecular flexibility index (Phi) is 7.51. The molecule has 0 aliphatic carbocycles. The summed E-state index contributed by atoms with van der Waals surface area (Å²) in [5.74, 6) is 1.37. The molecule has 1 N–H and O–H groups in total. The number of anilines is 1. The van der Waals surface area contributed by atoms with Crippen molar-refractivity contribution in [2.75, 3.05) is 18.5 Å². The Hall–Kier alpha value is -4.35. The molecule has 172 valence electrons. The maximum Gasteiger partial charge on any atom is 0.340 e. The van der Waals surface area contributed by atoms with Gasteiger partial charge in [-0.15, -0.1) is 6.42 Å². The molecule has 3 aromatic carbocycles. The van der Waals surface area contributed by atoms with Gasteiger partial charge in [-0.05, 0) is 36.3 Å². The fourth-order valence-electron chi connectivity index (χ4n) is 3.24. The van der Waals surface area contributed by atoms with Crippen molar-refractivity contribution in [1.29, 1.82) is 0 Å². The van der Waals surface area contributed by atoms with Crippen LogP contribution in [0, 0.1) is 12.3 Å². The molecule has 0 spiro atoms. The van der Waals surface area contributed by atoms with Crippen LogP contribution in [0.25, 0.3) is 10.9 Å². The number of hydrogen-bond donors (Lipinski definition) is 1. The van der Waals surface area contributed by atoms with Gasteiger partial charge in [0.25, 0.3) is 10.0 Å². The number of carboxylic acid groups (broad SMARTS) is 1. The van der Waals surface area contributed by atoms with E-state index in [-0.39, 0.29) is 21.8 Å². The van der Waals surface area contributed by atoms with Gasteiger partial charge in [-0.3, -0.25) is 4.31 Å². The summed E-state index contributed by atoms with van der Waals surface area (Å²) in [6.07, 6.45) is 5.44. The standard InChI is InChI=1S/C20H16N2O5S.C6H6/c1-4-16-18(20(23)24)19(15-7-5-6-8-17(15)21-16)22(2)28(25,26)14-11-9-13(27-3)10-12-14;1-2-4-6-5-3-1/h1,5-12H,2-3H3,(H,23,24);1-6H. The summed E-state index contributed by atoms with van der Waals surface area (Å²) < 4.78 is 32.3. The Bertz CT molecular complexity index is 1420. The predicted molar refractivity (Wildman–Crippen MR) is 132 cm³/mol. The quantitative estimate of drug-likeness (QED) is 0.430. The molecule has 4 rings (SSSR count). The van der Waals surface area contributed by atoms with E-state index in [2.05, 4.69) is 10.9 Å². The lowest BCUT2D eigenvalue weighted by Gasteiger charge is -2.23. The lowest BCUT2D eigenvalue weighted by atomic mass is 10.1. The van der Waals surface area contributed by atoms with Crippen LogP contribution < -0.4 is 9.04 Å². The zero-order chi connectivity index (χ0) is 24.7. The molecule has 8 heteroatoms. The summed E-state index contributed by atoms with van der Waals surface area (Å²) >= 11 is 0. The van der Waals surface area contributed by atoms with Crippen molar-refractivity contribution < 1.29 is 23.1 Å². The summed E-state index contributed by atoms with van der Waals surface area (Å²) in [5.41, 5.74) is -0.132. The second-order valence-electron chi connectivity index (χ2n) is 6.95. The number of nitrogens with zero attached hydrogens (tertiary/aromatic N) is 2. The first-order valence-electron chi connectivity index (χ1n) is 10.1. The largest absolute Gasteiger partial charge is 0.497 e. The number of aromatic carboxylic acids is 1. The number of hydrogen-bond acceptors (Lipinski definition) is 5. The molecule has 0 aliphatic rings. The smallest absolute Gasteiger partial charge is 0.340 e. The molecule has 0 unspecified atom stereocenters. The van der Waals surface area contributed by atoms with Gasteiger partial charge < -0.3 is 9.84 Å². The van der Waals surface area contributed by atoms with Gasteiger partial charge in [0.1, 0.15) is 17.0 Å². The van der Waals surface area contributed by atoms with Crippen LogP contribution in [0.1, 0.15) is 16.1 Å². The Balaban J connectivity index is 0.000000469. The highest BCUT2D eigenvalue weighted by atomic mass is 32.2. The molecule has 0 fully saturated rings. The molecule has 7 nitrogen and oxygen atoms in total. The number of terminal acetylenes is 1. The van der Waals surface area contributed by atoms with E-state index < -0.39 is 16.0 Å². The van der Waals surface area contributed by atoms with Crippen LogP contribution in [0.2, 0.25) is 0 Å². The van der Waals surface area contributed by atoms with E-state index >= 15 is 0 Å². The van der Waals surface area contributed by atoms with Gasteiger partial charge in [0.2, 0.25) is 0 Å². The Morgan fingerprint density at radius 1 is 0.971 bits per heavy atom. The zero-order valence-electron chi connectivity index (χ0n) is 18.5. The van der Waals surface area contributed by atoms with Crippen LogP contribution in [-0.2, 0) is 10.0 Å². The third-order valence-corrected chi connectivity index (χ3v) is 6.69. The lowest BCUT2D eigenvalue weighted by Crippen LogP contribution is -2.29. The van der Waals surface area contributed by atoms with Crippen molar-refractivity contribution in [3.05, 3.63) is 96.2 Å². The second-order valence-corrected chi connectivity index (χ2v) is 8.92. The number of benzene rings is 3. The highest BCUT2D eigenvalue weighted by Crippen LogP contribution is 2.34. The van der Waals surface area contributed by atoms with Crippen LogP contribution in [0.3, 0.4) is 0 Å². The van der Waals surface area contributed by atoms with Gasteiger partial charge in [-0.2, -0.15) is 0 Å². The number of sulfonamides is 1. The van der Waals surface area contributed by atoms with E-state index in [9.17, 15) is 18.3 Å². The number of rotatable bonds is 5. The topological polar surface area (TPSA) is 96.8 Å².